The average Bonchev–Trinajstić information content (AvgIpc) is 1.97. The molecule has 0 saturated carbocycles. The van der Waals surface area contributed by atoms with Crippen LogP contribution in [0.3, 0.4) is 0 Å². The summed E-state index contributed by atoms with van der Waals surface area (Å²) in [5.41, 5.74) is 0. The Balaban J connectivity index is -0.000000500. The molecule has 4 nitrogen and oxygen atoms in total. The predicted octanol–water partition coefficient (Wildman–Crippen LogP) is -0.717. The Morgan fingerprint density at radius 3 is 2.23 bits per heavy atom. The van der Waals surface area contributed by atoms with E-state index in [2.05, 4.69) is 11.3 Å². The molecule has 0 fully saturated rings. The van der Waals surface area contributed by atoms with Gasteiger partial charge in [0.1, 0.15) is 6.61 Å². The van der Waals surface area contributed by atoms with Crippen LogP contribution in [0.4, 0.5) is 0 Å². The monoisotopic (exact) mass is 206 g/mol. The first kappa shape index (κ1) is 19.3. The Labute approximate surface area is 121 Å². The Kier molecular flexibility index (Phi) is 18.8. The van der Waals surface area contributed by atoms with E-state index in [1.165, 1.54) is 6.08 Å². The number of hydrogen-bond acceptors (Lipinski definition) is 3. The molecule has 0 aromatic carbocycles. The summed E-state index contributed by atoms with van der Waals surface area (Å²) in [6.07, 6.45) is 1.16. The van der Waals surface area contributed by atoms with Crippen LogP contribution in [0.2, 0.25) is 0 Å². The van der Waals surface area contributed by atoms with Gasteiger partial charge < -0.3 is 9.84 Å². The summed E-state index contributed by atoms with van der Waals surface area (Å²) < 4.78 is 4.52. The van der Waals surface area contributed by atoms with Crippen LogP contribution in [0, 0.1) is 0 Å². The third-order valence-corrected chi connectivity index (χ3v) is 0.905. The van der Waals surface area contributed by atoms with Gasteiger partial charge in [0.2, 0.25) is 0 Å². The molecule has 0 amide bonds. The zero-order chi connectivity index (χ0) is 8.69. The molecule has 0 spiro atoms. The van der Waals surface area contributed by atoms with Crippen molar-refractivity contribution >= 4 is 71.1 Å². The number of carbonyl (C=O) groups is 2. The van der Waals surface area contributed by atoms with Crippen LogP contribution in [0.5, 0.6) is 0 Å². The number of esters is 1. The standard InChI is InChI=1S/C7H10O4.2Na.2H/c1-2-5-11-7(10)4-3-6(8)9;;;;/h2H,1,3-5H2,(H,8,9);;;;. The molecular formula is C7H12Na2O4. The molecule has 13 heavy (non-hydrogen) atoms. The van der Waals surface area contributed by atoms with Crippen LogP contribution >= 0.6 is 0 Å². The number of carboxylic acids is 1. The van der Waals surface area contributed by atoms with Gasteiger partial charge in [-0.2, -0.15) is 0 Å². The number of aliphatic carboxylic acids is 1. The van der Waals surface area contributed by atoms with Gasteiger partial charge >= 0.3 is 71.1 Å². The first-order valence-electron chi connectivity index (χ1n) is 3.15. The van der Waals surface area contributed by atoms with Crippen molar-refractivity contribution in [1.82, 2.24) is 0 Å². The number of hydrogen-bond donors (Lipinski definition) is 1. The van der Waals surface area contributed by atoms with Gasteiger partial charge in [0, 0.05) is 0 Å². The quantitative estimate of drug-likeness (QED) is 0.366. The van der Waals surface area contributed by atoms with Crippen LogP contribution in [0.1, 0.15) is 12.8 Å². The minimum atomic E-state index is -0.999. The fourth-order valence-corrected chi connectivity index (χ4v) is 0.433. The third kappa shape index (κ3) is 15.4. The van der Waals surface area contributed by atoms with Crippen LogP contribution in [0.25, 0.3) is 0 Å². The second-order valence-corrected chi connectivity index (χ2v) is 1.87. The summed E-state index contributed by atoms with van der Waals surface area (Å²) in [5, 5.41) is 8.16. The summed E-state index contributed by atoms with van der Waals surface area (Å²) >= 11 is 0. The van der Waals surface area contributed by atoms with Gasteiger partial charge in [0.25, 0.3) is 0 Å². The number of ether oxygens (including phenoxy) is 1. The number of carbonyl (C=O) groups excluding carboxylic acids is 1. The zero-order valence-corrected chi connectivity index (χ0v) is 6.08. The molecule has 6 heteroatoms. The van der Waals surface area contributed by atoms with E-state index in [4.69, 9.17) is 5.11 Å². The summed E-state index contributed by atoms with van der Waals surface area (Å²) in [6.45, 7) is 3.47. The molecule has 0 aliphatic heterocycles. The third-order valence-electron chi connectivity index (χ3n) is 0.905. The van der Waals surface area contributed by atoms with E-state index in [0.717, 1.165) is 0 Å². The fourth-order valence-electron chi connectivity index (χ4n) is 0.433. The maximum absolute atomic E-state index is 10.6. The maximum atomic E-state index is 10.6. The van der Waals surface area contributed by atoms with Crippen molar-refractivity contribution in [3.05, 3.63) is 12.7 Å². The zero-order valence-electron chi connectivity index (χ0n) is 6.08. The van der Waals surface area contributed by atoms with Gasteiger partial charge in [-0.05, 0) is 0 Å². The Hall–Kier alpha value is 0.680. The van der Waals surface area contributed by atoms with E-state index in [1.807, 2.05) is 0 Å². The Morgan fingerprint density at radius 2 is 1.85 bits per heavy atom. The van der Waals surface area contributed by atoms with E-state index in [9.17, 15) is 9.59 Å². The van der Waals surface area contributed by atoms with Gasteiger partial charge in [-0.25, -0.2) is 0 Å². The van der Waals surface area contributed by atoms with Crippen LogP contribution < -0.4 is 0 Å². The predicted molar refractivity (Wildman–Crippen MR) is 52.3 cm³/mol. The molecule has 0 saturated heterocycles. The van der Waals surface area contributed by atoms with Crippen LogP contribution in [-0.2, 0) is 14.3 Å². The van der Waals surface area contributed by atoms with E-state index in [0.29, 0.717) is 0 Å². The van der Waals surface area contributed by atoms with Gasteiger partial charge in [-0.15, -0.1) is 0 Å². The van der Waals surface area contributed by atoms with E-state index in [-0.39, 0.29) is 78.6 Å². The van der Waals surface area contributed by atoms with Crippen LogP contribution in [-0.4, -0.2) is 82.8 Å². The molecule has 0 unspecified atom stereocenters. The molecule has 0 aromatic heterocycles. The molecule has 0 heterocycles. The first-order chi connectivity index (χ1) is 5.16. The van der Waals surface area contributed by atoms with Crippen molar-refractivity contribution in [2.45, 2.75) is 12.8 Å². The van der Waals surface area contributed by atoms with Crippen molar-refractivity contribution in [3.63, 3.8) is 0 Å². The first-order valence-corrected chi connectivity index (χ1v) is 3.15. The van der Waals surface area contributed by atoms with Crippen molar-refractivity contribution in [1.29, 1.82) is 0 Å². The van der Waals surface area contributed by atoms with Gasteiger partial charge in [-0.3, -0.25) is 9.59 Å². The topological polar surface area (TPSA) is 63.6 Å². The van der Waals surface area contributed by atoms with Gasteiger partial charge in [0.05, 0.1) is 12.8 Å². The van der Waals surface area contributed by atoms with Gasteiger partial charge in [-0.1, -0.05) is 12.7 Å². The summed E-state index contributed by atoms with van der Waals surface area (Å²) in [5.74, 6) is -1.51. The van der Waals surface area contributed by atoms with E-state index in [1.54, 1.807) is 0 Å². The molecule has 1 N–H and O–H groups in total. The number of carboxylic acid groups (broad SMARTS) is 1. The average molecular weight is 206 g/mol. The minimum absolute atomic E-state index is 0. The van der Waals surface area contributed by atoms with Gasteiger partial charge in [0.15, 0.2) is 0 Å². The van der Waals surface area contributed by atoms with Crippen molar-refractivity contribution in [2.24, 2.45) is 0 Å². The summed E-state index contributed by atoms with van der Waals surface area (Å²) in [7, 11) is 0. The molecular weight excluding hydrogens is 194 g/mol. The van der Waals surface area contributed by atoms with Crippen molar-refractivity contribution in [2.75, 3.05) is 6.61 Å². The van der Waals surface area contributed by atoms with Crippen molar-refractivity contribution < 1.29 is 19.4 Å². The number of rotatable bonds is 5. The van der Waals surface area contributed by atoms with E-state index >= 15 is 0 Å². The normalized spacial score (nSPS) is 7.38. The second-order valence-electron chi connectivity index (χ2n) is 1.87. The Morgan fingerprint density at radius 1 is 1.31 bits per heavy atom. The summed E-state index contributed by atoms with van der Waals surface area (Å²) in [4.78, 5) is 20.5. The molecule has 0 bridgehead atoms. The Bertz CT molecular complexity index is 170. The molecule has 0 aromatic rings. The molecule has 0 atom stereocenters. The SMILES string of the molecule is C=CCOC(=O)CCC(=O)O.[NaH].[NaH]. The molecule has 66 valence electrons. The molecule has 0 rings (SSSR count). The molecule has 0 aliphatic carbocycles. The van der Waals surface area contributed by atoms with Crippen LogP contribution in [0.15, 0.2) is 12.7 Å². The molecule has 0 radical (unpaired) electrons. The van der Waals surface area contributed by atoms with Crippen molar-refractivity contribution in [3.8, 4) is 0 Å². The molecule has 0 aliphatic rings. The fraction of sp³-hybridized carbons (Fsp3) is 0.429. The van der Waals surface area contributed by atoms with E-state index < -0.39 is 11.9 Å². The second kappa shape index (κ2) is 12.7. The summed E-state index contributed by atoms with van der Waals surface area (Å²) in [6, 6.07) is 0.